The molecule has 2 aliphatic rings. The van der Waals surface area contributed by atoms with E-state index in [0.29, 0.717) is 32.0 Å². The van der Waals surface area contributed by atoms with Crippen molar-refractivity contribution in [1.82, 2.24) is 24.8 Å². The first-order valence-corrected chi connectivity index (χ1v) is 11.1. The summed E-state index contributed by atoms with van der Waals surface area (Å²) < 4.78 is 1.73. The van der Waals surface area contributed by atoms with Crippen molar-refractivity contribution >= 4 is 17.5 Å². The van der Waals surface area contributed by atoms with Crippen LogP contribution in [0, 0.1) is 19.8 Å². The van der Waals surface area contributed by atoms with Gasteiger partial charge in [-0.25, -0.2) is 4.68 Å². The van der Waals surface area contributed by atoms with Gasteiger partial charge in [0, 0.05) is 31.9 Å². The summed E-state index contributed by atoms with van der Waals surface area (Å²) >= 11 is 0. The van der Waals surface area contributed by atoms with Crippen LogP contribution >= 0.6 is 0 Å². The fourth-order valence-electron chi connectivity index (χ4n) is 4.55. The number of benzene rings is 1. The first kappa shape index (κ1) is 21.3. The SMILES string of the molecule is Cc1cccc(N2CCN(C(=O)CN3Cc4cnnn4[C@@H](CC(C)C)C3=O)CC2)c1C. The number of carbonyl (C=O) groups excluding carboxylic acids is 2. The summed E-state index contributed by atoms with van der Waals surface area (Å²) in [5.41, 5.74) is 4.71. The Bertz CT molecular complexity index is 961. The van der Waals surface area contributed by atoms with E-state index >= 15 is 0 Å². The minimum Gasteiger partial charge on any atom is -0.368 e. The highest BCUT2D eigenvalue weighted by Gasteiger charge is 2.36. The predicted molar refractivity (Wildman–Crippen MR) is 119 cm³/mol. The predicted octanol–water partition coefficient (Wildman–Crippen LogP) is 2.17. The Labute approximate surface area is 183 Å². The topological polar surface area (TPSA) is 74.6 Å². The van der Waals surface area contributed by atoms with Gasteiger partial charge in [-0.2, -0.15) is 0 Å². The van der Waals surface area contributed by atoms with Gasteiger partial charge in [-0.05, 0) is 43.4 Å². The van der Waals surface area contributed by atoms with Gasteiger partial charge in [0.15, 0.2) is 0 Å². The molecule has 1 saturated heterocycles. The van der Waals surface area contributed by atoms with Crippen LogP contribution in [-0.4, -0.2) is 69.3 Å². The molecule has 1 fully saturated rings. The molecule has 0 saturated carbocycles. The van der Waals surface area contributed by atoms with Crippen LogP contribution in [0.25, 0.3) is 0 Å². The molecular weight excluding hydrogens is 392 g/mol. The third kappa shape index (κ3) is 4.29. The van der Waals surface area contributed by atoms with Crippen LogP contribution in [0.1, 0.15) is 43.1 Å². The first-order valence-electron chi connectivity index (χ1n) is 11.1. The Kier molecular flexibility index (Phi) is 5.98. The van der Waals surface area contributed by atoms with Crippen molar-refractivity contribution in [1.29, 1.82) is 0 Å². The van der Waals surface area contributed by atoms with Crippen molar-refractivity contribution in [2.45, 2.75) is 46.7 Å². The summed E-state index contributed by atoms with van der Waals surface area (Å²) in [4.78, 5) is 32.0. The summed E-state index contributed by atoms with van der Waals surface area (Å²) in [6.45, 7) is 11.9. The molecule has 4 rings (SSSR count). The number of rotatable bonds is 5. The molecule has 2 aliphatic heterocycles. The molecule has 0 aliphatic carbocycles. The number of nitrogens with zero attached hydrogens (tertiary/aromatic N) is 6. The van der Waals surface area contributed by atoms with Gasteiger partial charge >= 0.3 is 0 Å². The average Bonchev–Trinajstić information content (AvgIpc) is 3.21. The van der Waals surface area contributed by atoms with E-state index in [1.165, 1.54) is 16.8 Å². The van der Waals surface area contributed by atoms with Crippen LogP contribution in [0.2, 0.25) is 0 Å². The van der Waals surface area contributed by atoms with Crippen LogP contribution in [0.15, 0.2) is 24.4 Å². The second-order valence-electron chi connectivity index (χ2n) is 9.10. The van der Waals surface area contributed by atoms with Crippen molar-refractivity contribution in [2.24, 2.45) is 5.92 Å². The van der Waals surface area contributed by atoms with E-state index in [9.17, 15) is 9.59 Å². The molecular formula is C23H32N6O2. The van der Waals surface area contributed by atoms with E-state index in [1.54, 1.807) is 15.8 Å². The maximum atomic E-state index is 13.1. The summed E-state index contributed by atoms with van der Waals surface area (Å²) in [6.07, 6.45) is 2.38. The van der Waals surface area contributed by atoms with Gasteiger partial charge in [0.1, 0.15) is 12.6 Å². The van der Waals surface area contributed by atoms with Gasteiger partial charge in [-0.3, -0.25) is 9.59 Å². The minimum atomic E-state index is -0.375. The van der Waals surface area contributed by atoms with Crippen molar-refractivity contribution in [3.05, 3.63) is 41.2 Å². The van der Waals surface area contributed by atoms with E-state index in [-0.39, 0.29) is 24.4 Å². The van der Waals surface area contributed by atoms with E-state index in [4.69, 9.17) is 0 Å². The molecule has 2 aromatic rings. The smallest absolute Gasteiger partial charge is 0.248 e. The fourth-order valence-corrected chi connectivity index (χ4v) is 4.55. The lowest BCUT2D eigenvalue weighted by molar-refractivity contribution is -0.145. The van der Waals surface area contributed by atoms with Gasteiger partial charge < -0.3 is 14.7 Å². The lowest BCUT2D eigenvalue weighted by Crippen LogP contribution is -2.53. The Hall–Kier alpha value is -2.90. The Balaban J connectivity index is 1.39. The molecule has 8 heteroatoms. The van der Waals surface area contributed by atoms with Gasteiger partial charge in [0.25, 0.3) is 0 Å². The van der Waals surface area contributed by atoms with E-state index in [1.807, 2.05) is 4.90 Å². The van der Waals surface area contributed by atoms with E-state index in [2.05, 4.69) is 61.1 Å². The van der Waals surface area contributed by atoms with E-state index < -0.39 is 0 Å². The highest BCUT2D eigenvalue weighted by molar-refractivity contribution is 5.87. The lowest BCUT2D eigenvalue weighted by Gasteiger charge is -2.39. The molecule has 0 spiro atoms. The molecule has 166 valence electrons. The zero-order valence-electron chi connectivity index (χ0n) is 18.9. The molecule has 2 amide bonds. The van der Waals surface area contributed by atoms with Gasteiger partial charge in [0.2, 0.25) is 11.8 Å². The molecule has 3 heterocycles. The molecule has 1 atom stereocenters. The number of carbonyl (C=O) groups is 2. The second kappa shape index (κ2) is 8.69. The van der Waals surface area contributed by atoms with Gasteiger partial charge in [-0.15, -0.1) is 5.10 Å². The zero-order valence-corrected chi connectivity index (χ0v) is 18.9. The standard InChI is InChI=1S/C23H32N6O2/c1-16(2)12-21-23(31)28(14-19-13-24-25-29(19)21)15-22(30)27-10-8-26(9-11-27)20-7-5-6-17(3)18(20)4/h5-7,13,16,21H,8-12,14-15H2,1-4H3/t21-/m0/s1. The van der Waals surface area contributed by atoms with Crippen molar-refractivity contribution in [2.75, 3.05) is 37.6 Å². The second-order valence-corrected chi connectivity index (χ2v) is 9.10. The number of fused-ring (bicyclic) bond motifs is 1. The molecule has 1 aromatic carbocycles. The Morgan fingerprint density at radius 2 is 1.90 bits per heavy atom. The largest absolute Gasteiger partial charge is 0.368 e. The number of aryl methyl sites for hydroxylation is 1. The first-order chi connectivity index (χ1) is 14.8. The fraction of sp³-hybridized carbons (Fsp3) is 0.565. The lowest BCUT2D eigenvalue weighted by atomic mass is 10.0. The highest BCUT2D eigenvalue weighted by atomic mass is 16.2. The minimum absolute atomic E-state index is 0.0122. The van der Waals surface area contributed by atoms with Crippen LogP contribution in [0.4, 0.5) is 5.69 Å². The molecule has 31 heavy (non-hydrogen) atoms. The maximum Gasteiger partial charge on any atom is 0.248 e. The number of piperazine rings is 1. The third-order valence-electron chi connectivity index (χ3n) is 6.46. The summed E-state index contributed by atoms with van der Waals surface area (Å²) in [5.74, 6) is 0.326. The average molecular weight is 425 g/mol. The van der Waals surface area contributed by atoms with Crippen molar-refractivity contribution < 1.29 is 9.59 Å². The monoisotopic (exact) mass is 424 g/mol. The number of aromatic nitrogens is 3. The Morgan fingerprint density at radius 3 is 2.61 bits per heavy atom. The van der Waals surface area contributed by atoms with Gasteiger partial charge in [-0.1, -0.05) is 31.2 Å². The Morgan fingerprint density at radius 1 is 1.16 bits per heavy atom. The highest BCUT2D eigenvalue weighted by Crippen LogP contribution is 2.27. The van der Waals surface area contributed by atoms with Crippen LogP contribution in [0.5, 0.6) is 0 Å². The quantitative estimate of drug-likeness (QED) is 0.735. The maximum absolute atomic E-state index is 13.1. The summed E-state index contributed by atoms with van der Waals surface area (Å²) in [7, 11) is 0. The number of anilines is 1. The van der Waals surface area contributed by atoms with Crippen molar-refractivity contribution in [3.63, 3.8) is 0 Å². The molecule has 8 nitrogen and oxygen atoms in total. The zero-order chi connectivity index (χ0) is 22.1. The summed E-state index contributed by atoms with van der Waals surface area (Å²) in [6, 6.07) is 5.99. The molecule has 0 radical (unpaired) electrons. The number of hydrogen-bond acceptors (Lipinski definition) is 5. The normalized spacial score (nSPS) is 19.2. The number of hydrogen-bond donors (Lipinski definition) is 0. The van der Waals surface area contributed by atoms with Crippen LogP contribution < -0.4 is 4.90 Å². The molecule has 0 unspecified atom stereocenters. The van der Waals surface area contributed by atoms with Gasteiger partial charge in [0.05, 0.1) is 18.4 Å². The van der Waals surface area contributed by atoms with E-state index in [0.717, 1.165) is 18.8 Å². The molecule has 0 N–H and O–H groups in total. The van der Waals surface area contributed by atoms with Crippen LogP contribution in [0.3, 0.4) is 0 Å². The van der Waals surface area contributed by atoms with Crippen molar-refractivity contribution in [3.8, 4) is 0 Å². The summed E-state index contributed by atoms with van der Waals surface area (Å²) in [5, 5.41) is 8.10. The van der Waals surface area contributed by atoms with Crippen LogP contribution in [-0.2, 0) is 16.1 Å². The third-order valence-corrected chi connectivity index (χ3v) is 6.46. The number of amides is 2. The molecule has 1 aromatic heterocycles. The molecule has 0 bridgehead atoms.